The van der Waals surface area contributed by atoms with E-state index in [-0.39, 0.29) is 17.6 Å². The zero-order chi connectivity index (χ0) is 14.1. The number of hydrogen-bond donors (Lipinski definition) is 1. The molecule has 2 heterocycles. The fourth-order valence-electron chi connectivity index (χ4n) is 2.06. The molecule has 1 aliphatic heterocycles. The van der Waals surface area contributed by atoms with E-state index in [4.69, 9.17) is 15.0 Å². The molecule has 2 N–H and O–H groups in total. The van der Waals surface area contributed by atoms with Crippen molar-refractivity contribution in [3.63, 3.8) is 0 Å². The van der Waals surface area contributed by atoms with Gasteiger partial charge in [0.05, 0.1) is 24.1 Å². The highest BCUT2D eigenvalue weighted by atomic mass is 16.6. The summed E-state index contributed by atoms with van der Waals surface area (Å²) in [6.07, 6.45) is 0. The van der Waals surface area contributed by atoms with E-state index in [1.54, 1.807) is 12.1 Å². The number of ether oxygens (including phenoxy) is 1. The first kappa shape index (κ1) is 12.7. The van der Waals surface area contributed by atoms with Crippen LogP contribution in [0.3, 0.4) is 0 Å². The van der Waals surface area contributed by atoms with E-state index in [1.807, 2.05) is 0 Å². The molecule has 0 spiro atoms. The Morgan fingerprint density at radius 3 is 2.65 bits per heavy atom. The molecule has 1 fully saturated rings. The molecule has 0 saturated carbocycles. The van der Waals surface area contributed by atoms with Crippen molar-refractivity contribution in [2.75, 3.05) is 13.2 Å². The van der Waals surface area contributed by atoms with Crippen LogP contribution in [0.15, 0.2) is 28.8 Å². The number of benzene rings is 1. The second-order valence-corrected chi connectivity index (χ2v) is 4.57. The van der Waals surface area contributed by atoms with Gasteiger partial charge >= 0.3 is 0 Å². The SMILES string of the molecule is NC1COCC1c1nc(-c2ccc([N+](=O)[O-])cc2)no1. The van der Waals surface area contributed by atoms with E-state index < -0.39 is 4.92 Å². The van der Waals surface area contributed by atoms with Crippen LogP contribution >= 0.6 is 0 Å². The lowest BCUT2D eigenvalue weighted by Gasteiger charge is -2.06. The number of nitrogens with zero attached hydrogens (tertiary/aromatic N) is 3. The second kappa shape index (κ2) is 4.99. The third-order valence-corrected chi connectivity index (χ3v) is 3.22. The van der Waals surface area contributed by atoms with Crippen molar-refractivity contribution in [2.45, 2.75) is 12.0 Å². The monoisotopic (exact) mass is 276 g/mol. The van der Waals surface area contributed by atoms with Gasteiger partial charge in [0.25, 0.3) is 5.69 Å². The molecular formula is C12H12N4O4. The van der Waals surface area contributed by atoms with Crippen LogP contribution in [0.4, 0.5) is 5.69 Å². The second-order valence-electron chi connectivity index (χ2n) is 4.57. The molecule has 8 heteroatoms. The summed E-state index contributed by atoms with van der Waals surface area (Å²) in [5.41, 5.74) is 6.55. The van der Waals surface area contributed by atoms with Crippen LogP contribution in [0.5, 0.6) is 0 Å². The third-order valence-electron chi connectivity index (χ3n) is 3.22. The van der Waals surface area contributed by atoms with Crippen molar-refractivity contribution < 1.29 is 14.2 Å². The predicted octanol–water partition coefficient (Wildman–Crippen LogP) is 1.09. The first-order valence-corrected chi connectivity index (χ1v) is 6.07. The van der Waals surface area contributed by atoms with Crippen LogP contribution in [0.2, 0.25) is 0 Å². The Bertz CT molecular complexity index is 625. The Hall–Kier alpha value is -2.32. The van der Waals surface area contributed by atoms with Gasteiger partial charge in [-0.2, -0.15) is 4.98 Å². The smallest absolute Gasteiger partial charge is 0.269 e. The summed E-state index contributed by atoms with van der Waals surface area (Å²) in [5, 5.41) is 14.5. The quantitative estimate of drug-likeness (QED) is 0.658. The van der Waals surface area contributed by atoms with E-state index in [1.165, 1.54) is 12.1 Å². The van der Waals surface area contributed by atoms with Crippen molar-refractivity contribution in [3.8, 4) is 11.4 Å². The van der Waals surface area contributed by atoms with Crippen LogP contribution in [-0.4, -0.2) is 34.3 Å². The van der Waals surface area contributed by atoms with Gasteiger partial charge in [0, 0.05) is 23.7 Å². The van der Waals surface area contributed by atoms with Crippen molar-refractivity contribution in [1.29, 1.82) is 0 Å². The van der Waals surface area contributed by atoms with Crippen molar-refractivity contribution >= 4 is 5.69 Å². The van der Waals surface area contributed by atoms with Crippen LogP contribution in [0, 0.1) is 10.1 Å². The number of aromatic nitrogens is 2. The van der Waals surface area contributed by atoms with Gasteiger partial charge in [0.15, 0.2) is 0 Å². The van der Waals surface area contributed by atoms with Crippen LogP contribution in [0.1, 0.15) is 11.8 Å². The highest BCUT2D eigenvalue weighted by Crippen LogP contribution is 2.26. The first-order valence-electron chi connectivity index (χ1n) is 6.07. The highest BCUT2D eigenvalue weighted by molar-refractivity contribution is 5.56. The number of nitrogens with two attached hydrogens (primary N) is 1. The van der Waals surface area contributed by atoms with E-state index in [0.29, 0.717) is 30.5 Å². The fourth-order valence-corrected chi connectivity index (χ4v) is 2.06. The number of nitro groups is 1. The molecule has 2 aromatic rings. The molecular weight excluding hydrogens is 264 g/mol. The molecule has 0 amide bonds. The molecule has 0 bridgehead atoms. The minimum atomic E-state index is -0.458. The minimum Gasteiger partial charge on any atom is -0.379 e. The zero-order valence-corrected chi connectivity index (χ0v) is 10.4. The molecule has 20 heavy (non-hydrogen) atoms. The van der Waals surface area contributed by atoms with E-state index in [0.717, 1.165) is 0 Å². The molecule has 1 aromatic carbocycles. The maximum absolute atomic E-state index is 10.6. The van der Waals surface area contributed by atoms with Crippen molar-refractivity contribution in [2.24, 2.45) is 5.73 Å². The van der Waals surface area contributed by atoms with Gasteiger partial charge in [-0.1, -0.05) is 5.16 Å². The van der Waals surface area contributed by atoms with Crippen LogP contribution < -0.4 is 5.73 Å². The Kier molecular flexibility index (Phi) is 3.17. The van der Waals surface area contributed by atoms with E-state index in [2.05, 4.69) is 10.1 Å². The number of hydrogen-bond acceptors (Lipinski definition) is 7. The Morgan fingerprint density at radius 2 is 2.05 bits per heavy atom. The zero-order valence-electron chi connectivity index (χ0n) is 10.4. The summed E-state index contributed by atoms with van der Waals surface area (Å²) in [5.74, 6) is 0.714. The summed E-state index contributed by atoms with van der Waals surface area (Å²) in [6.45, 7) is 0.934. The lowest BCUT2D eigenvalue weighted by atomic mass is 10.1. The Morgan fingerprint density at radius 1 is 1.30 bits per heavy atom. The first-order chi connectivity index (χ1) is 9.65. The molecule has 1 aromatic heterocycles. The summed E-state index contributed by atoms with van der Waals surface area (Å²) in [4.78, 5) is 14.4. The topological polar surface area (TPSA) is 117 Å². The predicted molar refractivity (Wildman–Crippen MR) is 67.9 cm³/mol. The van der Waals surface area contributed by atoms with Crippen LogP contribution in [0.25, 0.3) is 11.4 Å². The fraction of sp³-hybridized carbons (Fsp3) is 0.333. The average molecular weight is 276 g/mol. The molecule has 3 rings (SSSR count). The van der Waals surface area contributed by atoms with Gasteiger partial charge in [0.1, 0.15) is 0 Å². The van der Waals surface area contributed by atoms with E-state index in [9.17, 15) is 10.1 Å². The van der Waals surface area contributed by atoms with Crippen molar-refractivity contribution in [3.05, 3.63) is 40.3 Å². The van der Waals surface area contributed by atoms with Crippen LogP contribution in [-0.2, 0) is 4.74 Å². The maximum Gasteiger partial charge on any atom is 0.269 e. The van der Waals surface area contributed by atoms with Gasteiger partial charge in [-0.15, -0.1) is 0 Å². The molecule has 0 aliphatic carbocycles. The lowest BCUT2D eigenvalue weighted by Crippen LogP contribution is -2.26. The normalized spacial score (nSPS) is 22.1. The van der Waals surface area contributed by atoms with Gasteiger partial charge in [-0.05, 0) is 12.1 Å². The lowest BCUT2D eigenvalue weighted by molar-refractivity contribution is -0.384. The van der Waals surface area contributed by atoms with Gasteiger partial charge < -0.3 is 15.0 Å². The number of non-ortho nitro benzene ring substituents is 1. The number of rotatable bonds is 3. The summed E-state index contributed by atoms with van der Waals surface area (Å²) >= 11 is 0. The maximum atomic E-state index is 10.6. The van der Waals surface area contributed by atoms with Gasteiger partial charge in [-0.3, -0.25) is 10.1 Å². The molecule has 8 nitrogen and oxygen atoms in total. The molecule has 104 valence electrons. The summed E-state index contributed by atoms with van der Waals surface area (Å²) in [7, 11) is 0. The molecule has 1 aliphatic rings. The Labute approximate surface area is 113 Å². The van der Waals surface area contributed by atoms with Gasteiger partial charge in [-0.25, -0.2) is 0 Å². The molecule has 1 saturated heterocycles. The summed E-state index contributed by atoms with van der Waals surface area (Å²) < 4.78 is 10.4. The average Bonchev–Trinajstić information content (AvgIpc) is 3.07. The summed E-state index contributed by atoms with van der Waals surface area (Å²) in [6, 6.07) is 5.81. The van der Waals surface area contributed by atoms with Gasteiger partial charge in [0.2, 0.25) is 11.7 Å². The molecule has 2 atom stereocenters. The third kappa shape index (κ3) is 2.26. The Balaban J connectivity index is 1.84. The highest BCUT2D eigenvalue weighted by Gasteiger charge is 2.31. The van der Waals surface area contributed by atoms with E-state index >= 15 is 0 Å². The molecule has 0 radical (unpaired) electrons. The standard InChI is InChI=1S/C12H12N4O4/c13-10-6-19-5-9(10)12-14-11(15-20-12)7-1-3-8(4-2-7)16(17)18/h1-4,9-10H,5-6,13H2. The largest absolute Gasteiger partial charge is 0.379 e. The minimum absolute atomic E-state index is 0.0173. The number of nitro benzene ring substituents is 1. The molecule has 2 unspecified atom stereocenters. The van der Waals surface area contributed by atoms with Crippen molar-refractivity contribution in [1.82, 2.24) is 10.1 Å².